The summed E-state index contributed by atoms with van der Waals surface area (Å²) >= 11 is 0. The molecule has 0 aromatic heterocycles. The third-order valence-corrected chi connectivity index (χ3v) is 16.5. The number of Topliss-reactive ketones (excluding diaryl/α,β-unsaturated/α-hetero) is 2. The Hall–Kier alpha value is -8.61. The van der Waals surface area contributed by atoms with E-state index in [4.69, 9.17) is 10.5 Å². The minimum atomic E-state index is -4.40. The first-order chi connectivity index (χ1) is 39.7. The number of ketones is 2. The maximum atomic E-state index is 13.4. The molecule has 4 heterocycles. The number of nitrogens with two attached hydrogens (primary N) is 1. The fourth-order valence-electron chi connectivity index (χ4n) is 11.0. The Bertz CT molecular complexity index is 3390. The van der Waals surface area contributed by atoms with Gasteiger partial charge in [-0.15, -0.1) is 0 Å². The van der Waals surface area contributed by atoms with Crippen molar-refractivity contribution >= 4 is 64.8 Å². The molecule has 84 heavy (non-hydrogen) atoms. The number of carbonyl (C=O) groups is 11. The van der Waals surface area contributed by atoms with Gasteiger partial charge in [0.1, 0.15) is 18.1 Å². The van der Waals surface area contributed by atoms with Crippen LogP contribution in [0.15, 0.2) is 84.9 Å². The van der Waals surface area contributed by atoms with E-state index in [-0.39, 0.29) is 123 Å². The summed E-state index contributed by atoms with van der Waals surface area (Å²) in [6, 6.07) is 17.1. The van der Waals surface area contributed by atoms with Gasteiger partial charge in [-0.1, -0.05) is 86.6 Å². The van der Waals surface area contributed by atoms with Gasteiger partial charge < -0.3 is 30.9 Å². The molecule has 4 aliphatic heterocycles. The average Bonchev–Trinajstić information content (AvgIpc) is 1.71. The molecular weight excluding hydrogens is 1110 g/mol. The normalized spacial score (nSPS) is 19.9. The summed E-state index contributed by atoms with van der Waals surface area (Å²) in [6.45, 7) is 2.95. The van der Waals surface area contributed by atoms with E-state index in [9.17, 15) is 79.1 Å². The number of ether oxygens (including phenoxy) is 1. The van der Waals surface area contributed by atoms with Crippen molar-refractivity contribution in [2.45, 2.75) is 133 Å². The second kappa shape index (κ2) is 23.2. The molecule has 0 bridgehead atoms. The van der Waals surface area contributed by atoms with Crippen molar-refractivity contribution in [3.8, 4) is 0 Å². The second-order valence-corrected chi connectivity index (χ2v) is 22.0. The fourth-order valence-corrected chi connectivity index (χ4v) is 11.0. The maximum Gasteiger partial charge on any atom is 0.398 e. The topological polar surface area (TPSA) is 269 Å². The Morgan fingerprint density at radius 2 is 1.13 bits per heavy atom. The van der Waals surface area contributed by atoms with E-state index in [1.165, 1.54) is 58.3 Å². The van der Waals surface area contributed by atoms with Crippen molar-refractivity contribution in [1.82, 2.24) is 30.7 Å². The number of alkyl halides is 6. The largest absolute Gasteiger partial charge is 0.443 e. The molecule has 2 saturated heterocycles. The van der Waals surface area contributed by atoms with Crippen molar-refractivity contribution in [3.05, 3.63) is 141 Å². The molecule has 19 nitrogen and oxygen atoms in total. The van der Waals surface area contributed by atoms with Gasteiger partial charge in [0.05, 0.1) is 10.8 Å². The number of esters is 1. The third kappa shape index (κ3) is 11.7. The molecule has 4 aromatic carbocycles. The van der Waals surface area contributed by atoms with Crippen molar-refractivity contribution in [2.75, 3.05) is 13.3 Å². The number of imide groups is 2. The first-order valence-corrected chi connectivity index (χ1v) is 27.1. The van der Waals surface area contributed by atoms with Gasteiger partial charge >= 0.3 is 18.3 Å². The van der Waals surface area contributed by atoms with Crippen LogP contribution in [-0.4, -0.2) is 123 Å². The molecule has 0 spiro atoms. The van der Waals surface area contributed by atoms with Gasteiger partial charge in [-0.2, -0.15) is 26.3 Å². The highest BCUT2D eigenvalue weighted by atomic mass is 19.4. The van der Waals surface area contributed by atoms with E-state index in [1.807, 2.05) is 0 Å². The lowest BCUT2D eigenvalue weighted by Crippen LogP contribution is -2.55. The van der Waals surface area contributed by atoms with Crippen molar-refractivity contribution in [2.24, 2.45) is 11.7 Å². The number of amides is 8. The number of hydrogen-bond acceptors (Lipinski definition) is 13. The maximum absolute atomic E-state index is 13.4. The molecule has 4 fully saturated rings. The predicted molar refractivity (Wildman–Crippen MR) is 281 cm³/mol. The summed E-state index contributed by atoms with van der Waals surface area (Å²) in [5, 5.41) is 7.30. The van der Waals surface area contributed by atoms with Crippen LogP contribution in [0.2, 0.25) is 0 Å². The smallest absolute Gasteiger partial charge is 0.398 e. The van der Waals surface area contributed by atoms with Crippen LogP contribution in [0.25, 0.3) is 0 Å². The van der Waals surface area contributed by atoms with Gasteiger partial charge in [0.25, 0.3) is 29.5 Å². The first kappa shape index (κ1) is 60.0. The summed E-state index contributed by atoms with van der Waals surface area (Å²) in [4.78, 5) is 142. The molecule has 10 rings (SSSR count). The molecule has 4 aromatic rings. The first-order valence-electron chi connectivity index (χ1n) is 27.1. The lowest BCUT2D eigenvalue weighted by atomic mass is 9.94. The standard InChI is InChI=1S/C32H33F3N4O7.C27H24F3N3O5/c1-17(2)25(36)30(45)46-16-39-24(40)11-10-23(29(39)44)38-15-22-19(4-3-5-21(22)28(38)43)14-37-27(42)26(41)18-6-8-20(9-7-18)31(12-13-31)32(33,34)35;28-27(29,30)26(11-12-26)17-6-4-16(5-7-17)22(35)24(37)31-13-10-15-2-1-3-18-19(15)14-33(25(18)38)20-8-9-21(34)32-23(20)36/h3-9,17,23,25H,10-16,36H2,1-2H3,(H,37,42);1-7,20H,8-14H2,(H,31,37)(H,32,34,36)/t23?,25-;/m1./s1. The number of benzene rings is 4. The summed E-state index contributed by atoms with van der Waals surface area (Å²) in [5.74, 6) is -7.53. The van der Waals surface area contributed by atoms with Gasteiger partial charge in [0, 0.05) is 61.3 Å². The average molecular weight is 1170 g/mol. The number of fused-ring (bicyclic) bond motifs is 2. The summed E-state index contributed by atoms with van der Waals surface area (Å²) < 4.78 is 85.3. The zero-order chi connectivity index (χ0) is 60.8. The predicted octanol–water partition coefficient (Wildman–Crippen LogP) is 5.32. The van der Waals surface area contributed by atoms with E-state index in [2.05, 4.69) is 16.0 Å². The van der Waals surface area contributed by atoms with E-state index in [0.29, 0.717) is 23.1 Å². The van der Waals surface area contributed by atoms with E-state index < -0.39 is 101 Å². The van der Waals surface area contributed by atoms with Crippen LogP contribution in [0, 0.1) is 5.92 Å². The minimum absolute atomic E-state index is 0.00432. The monoisotopic (exact) mass is 1170 g/mol. The summed E-state index contributed by atoms with van der Waals surface area (Å²) in [5.41, 5.74) is 5.34. The zero-order valence-corrected chi connectivity index (χ0v) is 45.4. The third-order valence-electron chi connectivity index (χ3n) is 16.5. The SMILES string of the molecule is CC(C)[C@@H](N)C(=O)OCN1C(=O)CCC(N2Cc3c(CNC(=O)C(=O)c4ccc(C5(C(F)(F)F)CC5)cc4)cccc3C2=O)C1=O.O=C1CCC(N2Cc3c(CCNC(=O)C(=O)c4ccc(C5(C(F)(F)F)CC5)cc4)cccc3C2=O)C(=O)N1. The molecular formula is C59H57F6N7O12. The Morgan fingerprint density at radius 3 is 1.62 bits per heavy atom. The van der Waals surface area contributed by atoms with Crippen LogP contribution >= 0.6 is 0 Å². The van der Waals surface area contributed by atoms with Crippen LogP contribution in [0.4, 0.5) is 26.3 Å². The van der Waals surface area contributed by atoms with Crippen LogP contribution in [0.5, 0.6) is 0 Å². The Morgan fingerprint density at radius 1 is 0.655 bits per heavy atom. The molecule has 0 radical (unpaired) electrons. The van der Waals surface area contributed by atoms with Crippen LogP contribution < -0.4 is 21.7 Å². The van der Waals surface area contributed by atoms with Gasteiger partial charge in [-0.3, -0.25) is 58.1 Å². The highest BCUT2D eigenvalue weighted by Gasteiger charge is 2.65. The fraction of sp³-hybridized carbons (Fsp3) is 0.407. The molecule has 5 N–H and O–H groups in total. The molecule has 442 valence electrons. The number of halogens is 6. The van der Waals surface area contributed by atoms with Gasteiger partial charge in [-0.25, -0.2) is 4.90 Å². The summed E-state index contributed by atoms with van der Waals surface area (Å²) in [7, 11) is 0. The lowest BCUT2D eigenvalue weighted by molar-refractivity contribution is -0.165. The van der Waals surface area contributed by atoms with Gasteiger partial charge in [0.15, 0.2) is 6.73 Å². The lowest BCUT2D eigenvalue weighted by Gasteiger charge is -2.35. The Kier molecular flexibility index (Phi) is 16.6. The highest BCUT2D eigenvalue weighted by molar-refractivity contribution is 6.43. The Labute approximate surface area is 475 Å². The molecule has 2 saturated carbocycles. The number of rotatable bonds is 17. The van der Waals surface area contributed by atoms with Crippen LogP contribution in [0.3, 0.4) is 0 Å². The van der Waals surface area contributed by atoms with Crippen LogP contribution in [0.1, 0.15) is 140 Å². The van der Waals surface area contributed by atoms with E-state index in [0.717, 1.165) is 16.0 Å². The van der Waals surface area contributed by atoms with Crippen molar-refractivity contribution in [3.63, 3.8) is 0 Å². The number of piperidine rings is 2. The number of nitrogens with one attached hydrogen (secondary N) is 3. The molecule has 25 heteroatoms. The number of hydrogen-bond donors (Lipinski definition) is 4. The quantitative estimate of drug-likeness (QED) is 0.0343. The second-order valence-electron chi connectivity index (χ2n) is 22.0. The van der Waals surface area contributed by atoms with E-state index in [1.54, 1.807) is 50.2 Å². The van der Waals surface area contributed by atoms with Crippen molar-refractivity contribution in [1.29, 1.82) is 0 Å². The van der Waals surface area contributed by atoms with Gasteiger partial charge in [-0.05, 0) is 96.4 Å². The minimum Gasteiger partial charge on any atom is -0.443 e. The zero-order valence-electron chi connectivity index (χ0n) is 45.4. The molecule has 3 atom stereocenters. The summed E-state index contributed by atoms with van der Waals surface area (Å²) in [6.07, 6.45) is -8.10. The molecule has 8 amide bonds. The van der Waals surface area contributed by atoms with Gasteiger partial charge in [0.2, 0.25) is 29.3 Å². The number of nitrogens with zero attached hydrogens (tertiary/aromatic N) is 3. The molecule has 2 unspecified atom stereocenters. The van der Waals surface area contributed by atoms with Crippen LogP contribution in [-0.2, 0) is 75.2 Å². The molecule has 2 aliphatic carbocycles. The highest BCUT2D eigenvalue weighted by Crippen LogP contribution is 2.60. The number of carbonyl (C=O) groups excluding carboxylic acids is 11. The van der Waals surface area contributed by atoms with Crippen molar-refractivity contribution < 1.29 is 83.8 Å². The van der Waals surface area contributed by atoms with E-state index >= 15 is 0 Å². The molecule has 6 aliphatic rings. The Balaban J connectivity index is 0.000000205. The number of likely N-dealkylation sites (tertiary alicyclic amines) is 1.